The highest BCUT2D eigenvalue weighted by molar-refractivity contribution is 7.88. The zero-order valence-corrected chi connectivity index (χ0v) is 13.2. The lowest BCUT2D eigenvalue weighted by molar-refractivity contribution is 0.122. The number of sulfonamides is 1. The van der Waals surface area contributed by atoms with Gasteiger partial charge in [0.25, 0.3) is 0 Å². The first-order chi connectivity index (χ1) is 9.03. The van der Waals surface area contributed by atoms with Gasteiger partial charge in [0.05, 0.1) is 6.26 Å². The molecule has 0 unspecified atom stereocenters. The number of nitrogens with one attached hydrogen (secondary N) is 1. The van der Waals surface area contributed by atoms with Crippen molar-refractivity contribution in [2.75, 3.05) is 19.3 Å². The molecule has 1 saturated heterocycles. The van der Waals surface area contributed by atoms with Gasteiger partial charge < -0.3 is 0 Å². The van der Waals surface area contributed by atoms with Crippen molar-refractivity contribution in [1.82, 2.24) is 9.62 Å². The molecule has 1 fully saturated rings. The summed E-state index contributed by atoms with van der Waals surface area (Å²) in [6.45, 7) is 2.07. The molecule has 0 bridgehead atoms. The Balaban J connectivity index is 0.00000147. The largest absolute Gasteiger partial charge is 0.296 e. The molecule has 1 aromatic rings. The summed E-state index contributed by atoms with van der Waals surface area (Å²) in [5.74, 6) is 0. The summed E-state index contributed by atoms with van der Waals surface area (Å²) >= 11 is 0. The number of benzene rings is 1. The minimum absolute atomic E-state index is 0. The topological polar surface area (TPSA) is 49.4 Å². The van der Waals surface area contributed by atoms with Crippen molar-refractivity contribution < 1.29 is 8.42 Å². The van der Waals surface area contributed by atoms with Gasteiger partial charge in [-0.2, -0.15) is 0 Å². The summed E-state index contributed by atoms with van der Waals surface area (Å²) in [6.07, 6.45) is 4.14. The molecule has 112 valence electrons. The fourth-order valence-electron chi connectivity index (χ4n) is 3.37. The fourth-order valence-corrected chi connectivity index (χ4v) is 4.19. The van der Waals surface area contributed by atoms with Crippen LogP contribution in [-0.2, 0) is 16.4 Å². The predicted molar refractivity (Wildman–Crippen MR) is 82.7 cm³/mol. The molecule has 20 heavy (non-hydrogen) atoms. The monoisotopic (exact) mass is 316 g/mol. The lowest BCUT2D eigenvalue weighted by Crippen LogP contribution is -2.48. The van der Waals surface area contributed by atoms with Gasteiger partial charge >= 0.3 is 0 Å². The Labute approximate surface area is 127 Å². The van der Waals surface area contributed by atoms with E-state index in [0.717, 1.165) is 32.4 Å². The van der Waals surface area contributed by atoms with Crippen LogP contribution < -0.4 is 4.72 Å². The molecule has 2 heterocycles. The normalized spacial score (nSPS) is 26.2. The van der Waals surface area contributed by atoms with Crippen molar-refractivity contribution in [2.24, 2.45) is 0 Å². The lowest BCUT2D eigenvalue weighted by Gasteiger charge is -2.43. The maximum absolute atomic E-state index is 11.4. The van der Waals surface area contributed by atoms with Crippen molar-refractivity contribution in [3.05, 3.63) is 35.4 Å². The summed E-state index contributed by atoms with van der Waals surface area (Å²) in [5.41, 5.74) is 2.80. The van der Waals surface area contributed by atoms with E-state index in [1.807, 2.05) is 0 Å². The van der Waals surface area contributed by atoms with Gasteiger partial charge in [0.1, 0.15) is 0 Å². The van der Waals surface area contributed by atoms with E-state index in [4.69, 9.17) is 0 Å². The molecule has 2 atom stereocenters. The van der Waals surface area contributed by atoms with E-state index in [2.05, 4.69) is 33.9 Å². The number of hydrogen-bond acceptors (Lipinski definition) is 3. The Morgan fingerprint density at radius 1 is 1.25 bits per heavy atom. The summed E-state index contributed by atoms with van der Waals surface area (Å²) in [4.78, 5) is 2.49. The number of halogens is 1. The zero-order valence-electron chi connectivity index (χ0n) is 11.6. The first-order valence-electron chi connectivity index (χ1n) is 6.82. The number of fused-ring (bicyclic) bond motifs is 3. The smallest absolute Gasteiger partial charge is 0.208 e. The SMILES string of the molecule is CS(=O)(=O)N[C@H]1CCN2CCc3ccccc3[C@@H]2C1.Cl. The number of nitrogens with zero attached hydrogens (tertiary/aromatic N) is 1. The molecule has 0 spiro atoms. The molecular formula is C14H21ClN2O2S. The standard InChI is InChI=1S/C14H20N2O2S.ClH/c1-19(17,18)15-12-7-9-16-8-6-11-4-2-3-5-13(11)14(16)10-12;/h2-5,12,14-15H,6-10H2,1H3;1H/t12-,14-;/m0./s1. The molecule has 0 radical (unpaired) electrons. The molecular weight excluding hydrogens is 296 g/mol. The molecule has 1 aromatic carbocycles. The van der Waals surface area contributed by atoms with Gasteiger partial charge in [-0.05, 0) is 30.4 Å². The van der Waals surface area contributed by atoms with E-state index in [9.17, 15) is 8.42 Å². The van der Waals surface area contributed by atoms with Gasteiger partial charge in [0.2, 0.25) is 10.0 Å². The second-order valence-electron chi connectivity index (χ2n) is 5.61. The molecule has 0 amide bonds. The predicted octanol–water partition coefficient (Wildman–Crippen LogP) is 1.72. The van der Waals surface area contributed by atoms with Crippen LogP contribution in [0.3, 0.4) is 0 Å². The first-order valence-corrected chi connectivity index (χ1v) is 8.71. The van der Waals surface area contributed by atoms with E-state index in [1.165, 1.54) is 17.4 Å². The average Bonchev–Trinajstić information content (AvgIpc) is 2.37. The summed E-state index contributed by atoms with van der Waals surface area (Å²) in [5, 5.41) is 0. The Morgan fingerprint density at radius 2 is 2.00 bits per heavy atom. The fraction of sp³-hybridized carbons (Fsp3) is 0.571. The van der Waals surface area contributed by atoms with Crippen LogP contribution in [0.2, 0.25) is 0 Å². The Kier molecular flexibility index (Phi) is 4.74. The van der Waals surface area contributed by atoms with Crippen molar-refractivity contribution in [3.8, 4) is 0 Å². The molecule has 0 saturated carbocycles. The Hall–Kier alpha value is -0.620. The van der Waals surface area contributed by atoms with Gasteiger partial charge in [0.15, 0.2) is 0 Å². The Morgan fingerprint density at radius 3 is 2.75 bits per heavy atom. The number of piperidine rings is 1. The van der Waals surface area contributed by atoms with E-state index in [1.54, 1.807) is 0 Å². The summed E-state index contributed by atoms with van der Waals surface area (Å²) in [7, 11) is -3.11. The molecule has 4 nitrogen and oxygen atoms in total. The van der Waals surface area contributed by atoms with Gasteiger partial charge in [-0.1, -0.05) is 24.3 Å². The van der Waals surface area contributed by atoms with E-state index < -0.39 is 10.0 Å². The van der Waals surface area contributed by atoms with Crippen molar-refractivity contribution >= 4 is 22.4 Å². The van der Waals surface area contributed by atoms with E-state index in [0.29, 0.717) is 6.04 Å². The van der Waals surface area contributed by atoms with Gasteiger partial charge in [-0.15, -0.1) is 12.4 Å². The lowest BCUT2D eigenvalue weighted by atomic mass is 9.85. The van der Waals surface area contributed by atoms with Crippen LogP contribution in [0.4, 0.5) is 0 Å². The van der Waals surface area contributed by atoms with Gasteiger partial charge in [-0.3, -0.25) is 4.90 Å². The molecule has 6 heteroatoms. The number of rotatable bonds is 2. The third-order valence-electron chi connectivity index (χ3n) is 4.18. The highest BCUT2D eigenvalue weighted by Crippen LogP contribution is 2.36. The average molecular weight is 317 g/mol. The third kappa shape index (κ3) is 3.34. The second kappa shape index (κ2) is 6.02. The first kappa shape index (κ1) is 15.8. The Bertz CT molecular complexity index is 576. The van der Waals surface area contributed by atoms with Crippen molar-refractivity contribution in [2.45, 2.75) is 31.3 Å². The second-order valence-corrected chi connectivity index (χ2v) is 7.39. The summed E-state index contributed by atoms with van der Waals surface area (Å²) in [6, 6.07) is 9.00. The summed E-state index contributed by atoms with van der Waals surface area (Å²) < 4.78 is 25.5. The van der Waals surface area contributed by atoms with Crippen LogP contribution in [0.15, 0.2) is 24.3 Å². The minimum atomic E-state index is -3.11. The maximum Gasteiger partial charge on any atom is 0.208 e. The molecule has 2 aliphatic heterocycles. The van der Waals surface area contributed by atoms with Crippen molar-refractivity contribution in [1.29, 1.82) is 0 Å². The molecule has 2 aliphatic rings. The third-order valence-corrected chi connectivity index (χ3v) is 4.94. The molecule has 1 N–H and O–H groups in total. The maximum atomic E-state index is 11.4. The van der Waals surface area contributed by atoms with Crippen LogP contribution in [-0.4, -0.2) is 38.7 Å². The molecule has 0 aromatic heterocycles. The van der Waals surface area contributed by atoms with Crippen LogP contribution in [0.1, 0.15) is 30.0 Å². The zero-order chi connectivity index (χ0) is 13.5. The van der Waals surface area contributed by atoms with Gasteiger partial charge in [-0.25, -0.2) is 13.1 Å². The van der Waals surface area contributed by atoms with E-state index in [-0.39, 0.29) is 18.4 Å². The van der Waals surface area contributed by atoms with Crippen LogP contribution in [0, 0.1) is 0 Å². The number of hydrogen-bond donors (Lipinski definition) is 1. The van der Waals surface area contributed by atoms with E-state index >= 15 is 0 Å². The van der Waals surface area contributed by atoms with Crippen LogP contribution in [0.5, 0.6) is 0 Å². The highest BCUT2D eigenvalue weighted by Gasteiger charge is 2.33. The molecule has 3 rings (SSSR count). The van der Waals surface area contributed by atoms with Crippen LogP contribution in [0.25, 0.3) is 0 Å². The van der Waals surface area contributed by atoms with Crippen LogP contribution >= 0.6 is 12.4 Å². The highest BCUT2D eigenvalue weighted by atomic mass is 35.5. The van der Waals surface area contributed by atoms with Gasteiger partial charge in [0, 0.05) is 25.2 Å². The molecule has 0 aliphatic carbocycles. The quantitative estimate of drug-likeness (QED) is 0.904. The van der Waals surface area contributed by atoms with Crippen molar-refractivity contribution in [3.63, 3.8) is 0 Å². The minimum Gasteiger partial charge on any atom is -0.296 e.